The molecule has 0 bridgehead atoms. The molecule has 6 heteroatoms. The normalized spacial score (nSPS) is 19.9. The van der Waals surface area contributed by atoms with E-state index in [1.54, 1.807) is 0 Å². The van der Waals surface area contributed by atoms with Gasteiger partial charge in [0, 0.05) is 4.88 Å². The van der Waals surface area contributed by atoms with Crippen molar-refractivity contribution >= 4 is 23.2 Å². The molecular formula is C13H18N2O3S. The van der Waals surface area contributed by atoms with Crippen molar-refractivity contribution in [2.24, 2.45) is 0 Å². The number of ether oxygens (including phenoxy) is 1. The molecule has 0 aliphatic carbocycles. The summed E-state index contributed by atoms with van der Waals surface area (Å²) in [7, 11) is 1.36. The van der Waals surface area contributed by atoms with E-state index < -0.39 is 0 Å². The number of carbonyl (C=O) groups is 2. The van der Waals surface area contributed by atoms with Crippen LogP contribution in [0.3, 0.4) is 0 Å². The number of rotatable bonds is 5. The van der Waals surface area contributed by atoms with Crippen LogP contribution >= 0.6 is 11.3 Å². The molecule has 1 saturated heterocycles. The van der Waals surface area contributed by atoms with E-state index in [1.807, 2.05) is 17.5 Å². The smallest absolute Gasteiger partial charge is 0.307 e. The molecule has 19 heavy (non-hydrogen) atoms. The van der Waals surface area contributed by atoms with Crippen molar-refractivity contribution in [1.29, 1.82) is 0 Å². The molecule has 2 heterocycles. The first kappa shape index (κ1) is 14.0. The summed E-state index contributed by atoms with van der Waals surface area (Å²) in [6, 6.07) is 3.38. The fraction of sp³-hybridized carbons (Fsp3) is 0.538. The molecule has 1 fully saturated rings. The lowest BCUT2D eigenvalue weighted by molar-refractivity contribution is -0.141. The summed E-state index contributed by atoms with van der Waals surface area (Å²) in [5.74, 6) is -0.363. The maximum Gasteiger partial charge on any atom is 0.307 e. The molecule has 0 spiro atoms. The highest BCUT2D eigenvalue weighted by molar-refractivity contribution is 7.10. The van der Waals surface area contributed by atoms with Crippen molar-refractivity contribution < 1.29 is 14.3 Å². The van der Waals surface area contributed by atoms with Crippen molar-refractivity contribution in [1.82, 2.24) is 10.6 Å². The molecule has 1 aromatic rings. The first-order valence-electron chi connectivity index (χ1n) is 6.34. The first-order valence-corrected chi connectivity index (χ1v) is 7.22. The molecule has 1 amide bonds. The summed E-state index contributed by atoms with van der Waals surface area (Å²) >= 11 is 1.53. The van der Waals surface area contributed by atoms with Crippen LogP contribution in [0.15, 0.2) is 17.5 Å². The number of nitrogens with one attached hydrogen (secondary N) is 2. The second kappa shape index (κ2) is 6.68. The van der Waals surface area contributed by atoms with Crippen LogP contribution < -0.4 is 10.6 Å². The van der Waals surface area contributed by atoms with Gasteiger partial charge in [-0.05, 0) is 30.8 Å². The zero-order valence-corrected chi connectivity index (χ0v) is 11.7. The lowest BCUT2D eigenvalue weighted by Crippen LogP contribution is -2.42. The van der Waals surface area contributed by atoms with Crippen LogP contribution in [0, 0.1) is 0 Å². The number of carbonyl (C=O) groups excluding carboxylic acids is 2. The number of methoxy groups -OCH3 is 1. The van der Waals surface area contributed by atoms with Crippen molar-refractivity contribution in [3.63, 3.8) is 0 Å². The Balaban J connectivity index is 2.00. The Morgan fingerprint density at radius 1 is 1.63 bits per heavy atom. The van der Waals surface area contributed by atoms with Crippen molar-refractivity contribution in [3.05, 3.63) is 22.4 Å². The average Bonchev–Trinajstić information content (AvgIpc) is 3.10. The molecule has 1 aromatic heterocycles. The fourth-order valence-corrected chi connectivity index (χ4v) is 2.92. The van der Waals surface area contributed by atoms with Crippen molar-refractivity contribution in [3.8, 4) is 0 Å². The van der Waals surface area contributed by atoms with Crippen LogP contribution in [0.5, 0.6) is 0 Å². The van der Waals surface area contributed by atoms with Gasteiger partial charge in [-0.1, -0.05) is 6.07 Å². The number of hydrogen-bond donors (Lipinski definition) is 2. The maximum atomic E-state index is 12.1. The molecule has 0 saturated carbocycles. The van der Waals surface area contributed by atoms with Crippen molar-refractivity contribution in [2.75, 3.05) is 13.7 Å². The topological polar surface area (TPSA) is 67.4 Å². The average molecular weight is 282 g/mol. The summed E-state index contributed by atoms with van der Waals surface area (Å²) in [6.45, 7) is 0.874. The molecule has 0 radical (unpaired) electrons. The standard InChI is InChI=1S/C13H18N2O3S/c1-18-12(16)8-10(11-5-3-7-19-11)15-13(17)9-4-2-6-14-9/h3,5,7,9-10,14H,2,4,6,8H2,1H3,(H,15,17)/t9-,10?/m1/s1. The lowest BCUT2D eigenvalue weighted by Gasteiger charge is -2.19. The molecule has 1 unspecified atom stereocenters. The minimum absolute atomic E-state index is 0.0418. The van der Waals surface area contributed by atoms with Gasteiger partial charge in [0.05, 0.1) is 25.6 Å². The molecule has 104 valence electrons. The van der Waals surface area contributed by atoms with E-state index >= 15 is 0 Å². The van der Waals surface area contributed by atoms with Gasteiger partial charge in [0.15, 0.2) is 0 Å². The monoisotopic (exact) mass is 282 g/mol. The van der Waals surface area contributed by atoms with Crippen LogP contribution in [-0.2, 0) is 14.3 Å². The number of amides is 1. The summed E-state index contributed by atoms with van der Waals surface area (Å²) in [5, 5.41) is 8.01. The van der Waals surface area contributed by atoms with Crippen LogP contribution in [-0.4, -0.2) is 31.6 Å². The Labute approximate surface area is 116 Å². The zero-order chi connectivity index (χ0) is 13.7. The summed E-state index contributed by atoms with van der Waals surface area (Å²) < 4.78 is 4.68. The van der Waals surface area contributed by atoms with E-state index in [0.29, 0.717) is 0 Å². The summed E-state index contributed by atoms with van der Waals surface area (Å²) in [5.41, 5.74) is 0. The van der Waals surface area contributed by atoms with Gasteiger partial charge in [0.1, 0.15) is 0 Å². The molecule has 2 atom stereocenters. The third-order valence-corrected chi connectivity index (χ3v) is 4.16. The Hall–Kier alpha value is -1.40. The van der Waals surface area contributed by atoms with Crippen molar-refractivity contribution in [2.45, 2.75) is 31.3 Å². The Morgan fingerprint density at radius 3 is 3.05 bits per heavy atom. The van der Waals surface area contributed by atoms with E-state index in [4.69, 9.17) is 0 Å². The lowest BCUT2D eigenvalue weighted by atomic mass is 10.1. The minimum atomic E-state index is -0.321. The third kappa shape index (κ3) is 3.78. The quantitative estimate of drug-likeness (QED) is 0.797. The van der Waals surface area contributed by atoms with E-state index in [2.05, 4.69) is 15.4 Å². The first-order chi connectivity index (χ1) is 9.20. The molecule has 0 aromatic carbocycles. The van der Waals surface area contributed by atoms with Gasteiger partial charge in [-0.2, -0.15) is 0 Å². The molecular weight excluding hydrogens is 264 g/mol. The van der Waals surface area contributed by atoms with E-state index in [1.165, 1.54) is 18.4 Å². The second-order valence-electron chi connectivity index (χ2n) is 4.51. The maximum absolute atomic E-state index is 12.1. The third-order valence-electron chi connectivity index (χ3n) is 3.18. The van der Waals surface area contributed by atoms with Crippen LogP contribution in [0.4, 0.5) is 0 Å². The highest BCUT2D eigenvalue weighted by Crippen LogP contribution is 2.23. The largest absolute Gasteiger partial charge is 0.469 e. The second-order valence-corrected chi connectivity index (χ2v) is 5.49. The molecule has 1 aliphatic heterocycles. The summed E-state index contributed by atoms with van der Waals surface area (Å²) in [6.07, 6.45) is 2.02. The minimum Gasteiger partial charge on any atom is -0.469 e. The predicted octanol–water partition coefficient (Wildman–Crippen LogP) is 1.22. The van der Waals surface area contributed by atoms with E-state index in [9.17, 15) is 9.59 Å². The van der Waals surface area contributed by atoms with E-state index in [-0.39, 0.29) is 30.4 Å². The zero-order valence-electron chi connectivity index (χ0n) is 10.8. The van der Waals surface area contributed by atoms with E-state index in [0.717, 1.165) is 24.3 Å². The Kier molecular flexibility index (Phi) is 4.93. The van der Waals surface area contributed by atoms with Gasteiger partial charge in [0.25, 0.3) is 0 Å². The summed E-state index contributed by atoms with van der Waals surface area (Å²) in [4.78, 5) is 24.5. The van der Waals surface area contributed by atoms with Gasteiger partial charge in [0.2, 0.25) is 5.91 Å². The van der Waals surface area contributed by atoms with Gasteiger partial charge >= 0.3 is 5.97 Å². The molecule has 2 rings (SSSR count). The Bertz CT molecular complexity index is 427. The highest BCUT2D eigenvalue weighted by Gasteiger charge is 2.26. The number of thiophene rings is 1. The van der Waals surface area contributed by atoms with Gasteiger partial charge in [-0.15, -0.1) is 11.3 Å². The SMILES string of the molecule is COC(=O)CC(NC(=O)[C@H]1CCCN1)c1cccs1. The van der Waals surface area contributed by atoms with Crippen LogP contribution in [0.25, 0.3) is 0 Å². The number of hydrogen-bond acceptors (Lipinski definition) is 5. The van der Waals surface area contributed by atoms with Gasteiger partial charge in [-0.25, -0.2) is 0 Å². The molecule has 1 aliphatic rings. The molecule has 5 nitrogen and oxygen atoms in total. The Morgan fingerprint density at radius 2 is 2.47 bits per heavy atom. The number of esters is 1. The van der Waals surface area contributed by atoms with Gasteiger partial charge in [-0.3, -0.25) is 9.59 Å². The molecule has 2 N–H and O–H groups in total. The van der Waals surface area contributed by atoms with Crippen LogP contribution in [0.1, 0.15) is 30.2 Å². The highest BCUT2D eigenvalue weighted by atomic mass is 32.1. The van der Waals surface area contributed by atoms with Crippen LogP contribution in [0.2, 0.25) is 0 Å². The predicted molar refractivity (Wildman–Crippen MR) is 72.9 cm³/mol. The fourth-order valence-electron chi connectivity index (χ4n) is 2.14. The van der Waals surface area contributed by atoms with Gasteiger partial charge < -0.3 is 15.4 Å².